The van der Waals surface area contributed by atoms with Gasteiger partial charge in [0.05, 0.1) is 11.3 Å². The van der Waals surface area contributed by atoms with Crippen LogP contribution in [-0.4, -0.2) is 6.04 Å². The van der Waals surface area contributed by atoms with E-state index in [0.29, 0.717) is 28.4 Å². The molecular formula is C15H15Cl2NO2. The van der Waals surface area contributed by atoms with Crippen LogP contribution in [0.15, 0.2) is 34.9 Å². The monoisotopic (exact) mass is 311 g/mol. The Balaban J connectivity index is 1.55. The smallest absolute Gasteiger partial charge is 0.146 e. The Kier molecular flexibility index (Phi) is 4.20. The lowest BCUT2D eigenvalue weighted by Crippen LogP contribution is -2.14. The van der Waals surface area contributed by atoms with Gasteiger partial charge in [0.15, 0.2) is 0 Å². The molecule has 0 unspecified atom stereocenters. The van der Waals surface area contributed by atoms with E-state index < -0.39 is 0 Å². The van der Waals surface area contributed by atoms with Gasteiger partial charge in [-0.15, -0.1) is 0 Å². The molecule has 20 heavy (non-hydrogen) atoms. The minimum absolute atomic E-state index is 0.337. The number of benzene rings is 1. The summed E-state index contributed by atoms with van der Waals surface area (Å²) in [5.41, 5.74) is 1.13. The minimum atomic E-state index is 0.337. The van der Waals surface area contributed by atoms with E-state index in [4.69, 9.17) is 32.4 Å². The van der Waals surface area contributed by atoms with Gasteiger partial charge < -0.3 is 14.5 Å². The Labute approximate surface area is 127 Å². The summed E-state index contributed by atoms with van der Waals surface area (Å²) in [4.78, 5) is 0. The first-order chi connectivity index (χ1) is 9.70. The summed E-state index contributed by atoms with van der Waals surface area (Å²) in [6.07, 6.45) is 4.32. The molecule has 2 aromatic rings. The van der Waals surface area contributed by atoms with Crippen LogP contribution in [-0.2, 0) is 13.2 Å². The highest BCUT2D eigenvalue weighted by Crippen LogP contribution is 2.28. The molecule has 0 spiro atoms. The molecule has 0 radical (unpaired) electrons. The van der Waals surface area contributed by atoms with Crippen LogP contribution in [0, 0.1) is 0 Å². The lowest BCUT2D eigenvalue weighted by molar-refractivity contribution is 0.270. The first-order valence-electron chi connectivity index (χ1n) is 6.58. The van der Waals surface area contributed by atoms with E-state index in [1.165, 1.54) is 12.8 Å². The summed E-state index contributed by atoms with van der Waals surface area (Å²) in [5, 5.41) is 4.57. The van der Waals surface area contributed by atoms with Crippen molar-refractivity contribution in [3.63, 3.8) is 0 Å². The summed E-state index contributed by atoms with van der Waals surface area (Å²) >= 11 is 11.9. The molecule has 1 aliphatic carbocycles. The molecule has 0 saturated heterocycles. The molecule has 0 bridgehead atoms. The van der Waals surface area contributed by atoms with Crippen LogP contribution in [0.5, 0.6) is 5.75 Å². The maximum atomic E-state index is 6.03. The number of rotatable bonds is 6. The van der Waals surface area contributed by atoms with Gasteiger partial charge in [-0.25, -0.2) is 0 Å². The molecule has 1 aliphatic rings. The van der Waals surface area contributed by atoms with Gasteiger partial charge in [-0.05, 0) is 31.0 Å². The third-order valence-corrected chi connectivity index (χ3v) is 3.69. The number of halogens is 2. The lowest BCUT2D eigenvalue weighted by Gasteiger charge is -2.06. The van der Waals surface area contributed by atoms with Crippen molar-refractivity contribution < 1.29 is 9.15 Å². The van der Waals surface area contributed by atoms with Crippen molar-refractivity contribution in [2.24, 2.45) is 0 Å². The van der Waals surface area contributed by atoms with E-state index in [1.807, 2.05) is 6.07 Å². The molecule has 1 aromatic heterocycles. The molecule has 1 saturated carbocycles. The number of ether oxygens (including phenoxy) is 1. The van der Waals surface area contributed by atoms with Gasteiger partial charge in [-0.2, -0.15) is 0 Å². The molecule has 0 amide bonds. The molecular weight excluding hydrogens is 297 g/mol. The Bertz CT molecular complexity index is 593. The normalized spacial score (nSPS) is 14.5. The predicted molar refractivity (Wildman–Crippen MR) is 79.4 cm³/mol. The average Bonchev–Trinajstić information content (AvgIpc) is 3.16. The van der Waals surface area contributed by atoms with Crippen molar-refractivity contribution in [2.45, 2.75) is 32.0 Å². The zero-order valence-corrected chi connectivity index (χ0v) is 12.4. The predicted octanol–water partition coefficient (Wildman–Crippen LogP) is 4.42. The van der Waals surface area contributed by atoms with Crippen LogP contribution in [0.3, 0.4) is 0 Å². The van der Waals surface area contributed by atoms with Gasteiger partial charge in [0, 0.05) is 29.2 Å². The zero-order chi connectivity index (χ0) is 13.9. The molecule has 1 N–H and O–H groups in total. The highest BCUT2D eigenvalue weighted by atomic mass is 35.5. The first-order valence-corrected chi connectivity index (χ1v) is 7.34. The molecule has 1 aromatic carbocycles. The molecule has 0 aliphatic heterocycles. The van der Waals surface area contributed by atoms with Crippen molar-refractivity contribution in [3.05, 3.63) is 51.9 Å². The third kappa shape index (κ3) is 3.69. The quantitative estimate of drug-likeness (QED) is 0.857. The topological polar surface area (TPSA) is 34.4 Å². The van der Waals surface area contributed by atoms with Gasteiger partial charge in [-0.3, -0.25) is 0 Å². The minimum Gasteiger partial charge on any atom is -0.484 e. The molecule has 5 heteroatoms. The van der Waals surface area contributed by atoms with Gasteiger partial charge in [-0.1, -0.05) is 23.2 Å². The standard InChI is InChI=1S/C15H15Cl2NO2/c16-11-1-4-14(17)15(6-11)20-9-13-5-10(8-19-13)7-18-12-2-3-12/h1,4-6,8,12,18H,2-3,7,9H2. The van der Waals surface area contributed by atoms with Gasteiger partial charge in [0.1, 0.15) is 18.1 Å². The van der Waals surface area contributed by atoms with Gasteiger partial charge >= 0.3 is 0 Å². The lowest BCUT2D eigenvalue weighted by atomic mass is 10.3. The van der Waals surface area contributed by atoms with E-state index in [1.54, 1.807) is 24.5 Å². The molecule has 0 atom stereocenters. The van der Waals surface area contributed by atoms with Crippen LogP contribution in [0.1, 0.15) is 24.2 Å². The van der Waals surface area contributed by atoms with Crippen molar-refractivity contribution in [3.8, 4) is 5.75 Å². The summed E-state index contributed by atoms with van der Waals surface area (Å²) in [6.45, 7) is 1.18. The number of furan rings is 1. The van der Waals surface area contributed by atoms with E-state index in [-0.39, 0.29) is 0 Å². The molecule has 1 heterocycles. The third-order valence-electron chi connectivity index (χ3n) is 3.14. The highest BCUT2D eigenvalue weighted by molar-refractivity contribution is 6.34. The van der Waals surface area contributed by atoms with Crippen LogP contribution in [0.25, 0.3) is 0 Å². The van der Waals surface area contributed by atoms with E-state index >= 15 is 0 Å². The van der Waals surface area contributed by atoms with Crippen molar-refractivity contribution in [2.75, 3.05) is 0 Å². The second kappa shape index (κ2) is 6.08. The first kappa shape index (κ1) is 13.8. The fourth-order valence-corrected chi connectivity index (χ4v) is 2.22. The number of hydrogen-bond acceptors (Lipinski definition) is 3. The molecule has 3 nitrogen and oxygen atoms in total. The molecule has 106 valence electrons. The van der Waals surface area contributed by atoms with E-state index in [9.17, 15) is 0 Å². The van der Waals surface area contributed by atoms with Crippen LogP contribution < -0.4 is 10.1 Å². The second-order valence-corrected chi connectivity index (χ2v) is 5.78. The Morgan fingerprint density at radius 3 is 2.90 bits per heavy atom. The second-order valence-electron chi connectivity index (χ2n) is 4.94. The Hall–Kier alpha value is -1.16. The zero-order valence-electron chi connectivity index (χ0n) is 10.9. The number of nitrogens with one attached hydrogen (secondary N) is 1. The van der Waals surface area contributed by atoms with Crippen molar-refractivity contribution >= 4 is 23.2 Å². The number of hydrogen-bond donors (Lipinski definition) is 1. The fourth-order valence-electron chi connectivity index (χ4n) is 1.88. The summed E-state index contributed by atoms with van der Waals surface area (Å²) in [6, 6.07) is 7.82. The fraction of sp³-hybridized carbons (Fsp3) is 0.333. The van der Waals surface area contributed by atoms with Gasteiger partial charge in [0.25, 0.3) is 0 Å². The van der Waals surface area contributed by atoms with Crippen LogP contribution >= 0.6 is 23.2 Å². The largest absolute Gasteiger partial charge is 0.484 e. The van der Waals surface area contributed by atoms with E-state index in [2.05, 4.69) is 5.32 Å². The van der Waals surface area contributed by atoms with Gasteiger partial charge in [0.2, 0.25) is 0 Å². The van der Waals surface area contributed by atoms with Crippen molar-refractivity contribution in [1.82, 2.24) is 5.32 Å². The Morgan fingerprint density at radius 1 is 1.25 bits per heavy atom. The summed E-state index contributed by atoms with van der Waals surface area (Å²) in [5.74, 6) is 1.34. The van der Waals surface area contributed by atoms with E-state index in [0.717, 1.165) is 17.9 Å². The maximum absolute atomic E-state index is 6.03. The van der Waals surface area contributed by atoms with Crippen LogP contribution in [0.2, 0.25) is 10.0 Å². The SMILES string of the molecule is Clc1ccc(Cl)c(OCc2cc(CNC3CC3)co2)c1. The highest BCUT2D eigenvalue weighted by Gasteiger charge is 2.20. The molecule has 1 fully saturated rings. The Morgan fingerprint density at radius 2 is 2.10 bits per heavy atom. The summed E-state index contributed by atoms with van der Waals surface area (Å²) < 4.78 is 11.1. The molecule has 3 rings (SSSR count). The van der Waals surface area contributed by atoms with Crippen molar-refractivity contribution in [1.29, 1.82) is 0 Å². The maximum Gasteiger partial charge on any atom is 0.146 e. The van der Waals surface area contributed by atoms with Crippen LogP contribution in [0.4, 0.5) is 0 Å². The average molecular weight is 312 g/mol. The summed E-state index contributed by atoms with van der Waals surface area (Å²) in [7, 11) is 0.